The lowest BCUT2D eigenvalue weighted by Crippen LogP contribution is -2.40. The minimum Gasteiger partial charge on any atom is -0.598 e. The van der Waals surface area contributed by atoms with E-state index in [-0.39, 0.29) is 12.1 Å². The molecule has 4 rings (SSSR count). The molecule has 0 radical (unpaired) electrons. The van der Waals surface area contributed by atoms with Gasteiger partial charge in [0.25, 0.3) is 0 Å². The molecule has 0 aliphatic heterocycles. The van der Waals surface area contributed by atoms with Crippen molar-refractivity contribution in [3.63, 3.8) is 0 Å². The number of nitrogens with one attached hydrogen (secondary N) is 2. The largest absolute Gasteiger partial charge is 0.598 e. The normalized spacial score (nSPS) is 14.7. The summed E-state index contributed by atoms with van der Waals surface area (Å²) >= 11 is 11.6. The standard InChI is InChI=1S/C36H44Cl2N4O4S2/c1-21(41-47(43)35(3,4)5)23-17-19-29(39-33(23)45-9)27-15-11-13-25(31(27)37)26-14-12-16-28(32(26)38)30-20-18-24(34(40-30)46-10)22(2)42-48(44)36(6,7)8/h11-22,41-42H,1-10H3/t21-,22-,47+,48?/m0/s1. The highest BCUT2D eigenvalue weighted by Crippen LogP contribution is 2.43. The van der Waals surface area contributed by atoms with Gasteiger partial charge in [-0.15, -0.1) is 9.44 Å². The molecule has 0 spiro atoms. The molecule has 2 aromatic carbocycles. The van der Waals surface area contributed by atoms with Gasteiger partial charge < -0.3 is 18.6 Å². The van der Waals surface area contributed by atoms with E-state index in [4.69, 9.17) is 42.6 Å². The van der Waals surface area contributed by atoms with Crippen LogP contribution in [0.3, 0.4) is 0 Å². The maximum Gasteiger partial charge on any atom is 0.218 e. The number of nitrogens with zero attached hydrogens (tertiary/aromatic N) is 2. The monoisotopic (exact) mass is 730 g/mol. The Balaban J connectivity index is 1.68. The third-order valence-corrected chi connectivity index (χ3v) is 11.8. The number of rotatable bonds is 11. The van der Waals surface area contributed by atoms with Crippen LogP contribution in [-0.2, 0) is 22.7 Å². The molecule has 2 aromatic heterocycles. The van der Waals surface area contributed by atoms with Crippen LogP contribution in [0, 0.1) is 0 Å². The maximum absolute atomic E-state index is 12.7. The number of methoxy groups -OCH3 is 2. The van der Waals surface area contributed by atoms with Crippen molar-refractivity contribution in [3.8, 4) is 45.4 Å². The van der Waals surface area contributed by atoms with Gasteiger partial charge in [-0.3, -0.25) is 0 Å². The molecule has 0 aliphatic rings. The van der Waals surface area contributed by atoms with Crippen molar-refractivity contribution in [3.05, 3.63) is 81.8 Å². The summed E-state index contributed by atoms with van der Waals surface area (Å²) in [5.41, 5.74) is 5.68. The summed E-state index contributed by atoms with van der Waals surface area (Å²) in [4.78, 5) is 9.56. The highest BCUT2D eigenvalue weighted by atomic mass is 35.5. The van der Waals surface area contributed by atoms with Crippen molar-refractivity contribution >= 4 is 45.9 Å². The summed E-state index contributed by atoms with van der Waals surface area (Å²) < 4.78 is 42.2. The van der Waals surface area contributed by atoms with Gasteiger partial charge in [-0.2, -0.15) is 0 Å². The summed E-state index contributed by atoms with van der Waals surface area (Å²) in [6, 6.07) is 18.5. The number of hydrogen-bond donors (Lipinski definition) is 2. The van der Waals surface area contributed by atoms with Crippen molar-refractivity contribution in [2.24, 2.45) is 0 Å². The molecule has 0 saturated heterocycles. The lowest BCUT2D eigenvalue weighted by atomic mass is 9.97. The van der Waals surface area contributed by atoms with E-state index >= 15 is 0 Å². The zero-order chi connectivity index (χ0) is 35.6. The van der Waals surface area contributed by atoms with E-state index in [1.165, 1.54) is 0 Å². The van der Waals surface area contributed by atoms with Crippen molar-refractivity contribution in [1.29, 1.82) is 0 Å². The van der Waals surface area contributed by atoms with Gasteiger partial charge in [-0.05, 0) is 79.7 Å². The van der Waals surface area contributed by atoms with Crippen LogP contribution in [-0.4, -0.2) is 42.8 Å². The molecule has 1 unspecified atom stereocenters. The molecule has 0 bridgehead atoms. The predicted octanol–water partition coefficient (Wildman–Crippen LogP) is 9.03. The van der Waals surface area contributed by atoms with Crippen LogP contribution in [0.2, 0.25) is 10.0 Å². The summed E-state index contributed by atoms with van der Waals surface area (Å²) in [7, 11) is 3.12. The molecular formula is C36H44Cl2N4O4S2. The SMILES string of the molecule is COc1nc(-c2cccc(-c3cccc(-c4ccc([C@H](C)N[S@+]([O-])C(C)(C)C)c(OC)n4)c3Cl)c2Cl)ccc1[C@H](C)N[S+]([O-])C(C)(C)C. The zero-order valence-electron chi connectivity index (χ0n) is 29.0. The van der Waals surface area contributed by atoms with E-state index in [1.807, 2.05) is 116 Å². The molecule has 0 fully saturated rings. The van der Waals surface area contributed by atoms with Gasteiger partial charge in [-0.1, -0.05) is 59.6 Å². The molecule has 48 heavy (non-hydrogen) atoms. The molecule has 4 aromatic rings. The van der Waals surface area contributed by atoms with Gasteiger partial charge in [0, 0.05) is 56.1 Å². The predicted molar refractivity (Wildman–Crippen MR) is 200 cm³/mol. The molecular weight excluding hydrogens is 687 g/mol. The van der Waals surface area contributed by atoms with Gasteiger partial charge in [0.2, 0.25) is 11.8 Å². The first kappa shape index (κ1) is 38.3. The Morgan fingerprint density at radius 2 is 0.938 bits per heavy atom. The van der Waals surface area contributed by atoms with Crippen LogP contribution in [0.4, 0.5) is 0 Å². The van der Waals surface area contributed by atoms with Gasteiger partial charge in [0.05, 0.1) is 47.7 Å². The molecule has 0 saturated carbocycles. The van der Waals surface area contributed by atoms with E-state index in [2.05, 4.69) is 9.44 Å². The minimum absolute atomic E-state index is 0.266. The van der Waals surface area contributed by atoms with Gasteiger partial charge in [0.1, 0.15) is 9.49 Å². The first-order valence-electron chi connectivity index (χ1n) is 15.5. The average Bonchev–Trinajstić information content (AvgIpc) is 3.03. The number of benzene rings is 2. The van der Waals surface area contributed by atoms with Gasteiger partial charge in [0.15, 0.2) is 0 Å². The van der Waals surface area contributed by atoms with Crippen LogP contribution < -0.4 is 18.9 Å². The second kappa shape index (κ2) is 15.6. The molecule has 12 heteroatoms. The molecule has 0 amide bonds. The van der Waals surface area contributed by atoms with Crippen molar-refractivity contribution in [2.45, 2.75) is 77.0 Å². The second-order valence-electron chi connectivity index (χ2n) is 13.4. The summed E-state index contributed by atoms with van der Waals surface area (Å²) in [5.74, 6) is 0.829. The van der Waals surface area contributed by atoms with E-state index in [1.54, 1.807) is 14.2 Å². The van der Waals surface area contributed by atoms with Crippen LogP contribution in [0.5, 0.6) is 11.8 Å². The van der Waals surface area contributed by atoms with Crippen molar-refractivity contribution in [1.82, 2.24) is 19.4 Å². The maximum atomic E-state index is 12.7. The van der Waals surface area contributed by atoms with Crippen molar-refractivity contribution < 1.29 is 18.6 Å². The molecule has 2 N–H and O–H groups in total. The fourth-order valence-electron chi connectivity index (χ4n) is 4.87. The first-order valence-corrected chi connectivity index (χ1v) is 18.6. The summed E-state index contributed by atoms with van der Waals surface area (Å²) in [6.45, 7) is 15.4. The van der Waals surface area contributed by atoms with Crippen LogP contribution >= 0.6 is 23.2 Å². The molecule has 2 heterocycles. The lowest BCUT2D eigenvalue weighted by molar-refractivity contribution is 0.388. The van der Waals surface area contributed by atoms with E-state index in [0.717, 1.165) is 22.3 Å². The van der Waals surface area contributed by atoms with Gasteiger partial charge >= 0.3 is 0 Å². The Labute approximate surface area is 301 Å². The molecule has 0 aliphatic carbocycles. The minimum atomic E-state index is -1.27. The summed E-state index contributed by atoms with van der Waals surface area (Å²) in [6.07, 6.45) is 0. The third kappa shape index (κ3) is 8.60. The second-order valence-corrected chi connectivity index (χ2v) is 18.1. The number of aromatic nitrogens is 2. The van der Waals surface area contributed by atoms with Crippen LogP contribution in [0.1, 0.15) is 78.6 Å². The Morgan fingerprint density at radius 3 is 1.25 bits per heavy atom. The third-order valence-electron chi connectivity index (χ3n) is 7.62. The van der Waals surface area contributed by atoms with Gasteiger partial charge in [-0.25, -0.2) is 9.97 Å². The number of ether oxygens (including phenoxy) is 2. The summed E-state index contributed by atoms with van der Waals surface area (Å²) in [5, 5.41) is 0.956. The zero-order valence-corrected chi connectivity index (χ0v) is 32.2. The lowest BCUT2D eigenvalue weighted by Gasteiger charge is -2.27. The Hall–Kier alpha value is -2.54. The smallest absolute Gasteiger partial charge is 0.218 e. The van der Waals surface area contributed by atoms with Crippen molar-refractivity contribution in [2.75, 3.05) is 14.2 Å². The van der Waals surface area contributed by atoms with Crippen LogP contribution in [0.25, 0.3) is 33.6 Å². The average molecular weight is 732 g/mol. The Morgan fingerprint density at radius 1 is 0.604 bits per heavy atom. The highest BCUT2D eigenvalue weighted by Gasteiger charge is 2.31. The quantitative estimate of drug-likeness (QED) is 0.147. The topological polar surface area (TPSA) is 114 Å². The van der Waals surface area contributed by atoms with E-state index in [9.17, 15) is 9.11 Å². The fourth-order valence-corrected chi connectivity index (χ4v) is 7.12. The first-order chi connectivity index (χ1) is 22.5. The molecule has 258 valence electrons. The van der Waals surface area contributed by atoms with E-state index in [0.29, 0.717) is 44.3 Å². The molecule has 8 nitrogen and oxygen atoms in total. The Bertz CT molecular complexity index is 1620. The van der Waals surface area contributed by atoms with E-state index < -0.39 is 32.2 Å². The fraction of sp³-hybridized carbons (Fsp3) is 0.389. The number of hydrogen-bond acceptors (Lipinski definition) is 8. The number of pyridine rings is 2. The number of halogens is 2. The highest BCUT2D eigenvalue weighted by molar-refractivity contribution is 7.91. The van der Waals surface area contributed by atoms with Crippen LogP contribution in [0.15, 0.2) is 60.7 Å². The Kier molecular flexibility index (Phi) is 12.4. The molecule has 4 atom stereocenters.